The molecule has 0 radical (unpaired) electrons. The van der Waals surface area contributed by atoms with E-state index in [1.54, 1.807) is 0 Å². The van der Waals surface area contributed by atoms with E-state index in [0.717, 1.165) is 17.1 Å². The van der Waals surface area contributed by atoms with Crippen LogP contribution < -0.4 is 0 Å². The van der Waals surface area contributed by atoms with E-state index in [1.807, 2.05) is 6.92 Å². The lowest BCUT2D eigenvalue weighted by Crippen LogP contribution is -2.51. The number of hydrogen-bond donors (Lipinski definition) is 2. The summed E-state index contributed by atoms with van der Waals surface area (Å²) in [5.74, 6) is -0.926. The van der Waals surface area contributed by atoms with Gasteiger partial charge in [-0.2, -0.15) is 17.0 Å². The summed E-state index contributed by atoms with van der Waals surface area (Å²) in [6.07, 6.45) is 0.821. The van der Waals surface area contributed by atoms with Crippen LogP contribution >= 0.6 is 0 Å². The lowest BCUT2D eigenvalue weighted by molar-refractivity contribution is -0.140. The topological polar surface area (TPSA) is 98.2 Å². The average molecular weight is 292 g/mol. The van der Waals surface area contributed by atoms with Gasteiger partial charge in [0.15, 0.2) is 0 Å². The third-order valence-corrected chi connectivity index (χ3v) is 5.74. The van der Waals surface area contributed by atoms with Gasteiger partial charge in [-0.3, -0.25) is 4.79 Å². The Bertz CT molecular complexity index is 452. The van der Waals surface area contributed by atoms with Gasteiger partial charge in [0.2, 0.25) is 0 Å². The second kappa shape index (κ2) is 5.35. The minimum absolute atomic E-state index is 0.0437. The summed E-state index contributed by atoms with van der Waals surface area (Å²) in [4.78, 5) is 11.1. The first-order valence-electron chi connectivity index (χ1n) is 6.50. The monoisotopic (exact) mass is 292 g/mol. The number of rotatable bonds is 3. The van der Waals surface area contributed by atoms with E-state index in [9.17, 15) is 18.3 Å². The van der Waals surface area contributed by atoms with Crippen molar-refractivity contribution in [2.24, 2.45) is 5.92 Å². The molecule has 7 nitrogen and oxygen atoms in total. The number of β-amino-alcohol motifs (C(OH)–C–C–N with tert-alkyl or cyclic N) is 1. The lowest BCUT2D eigenvalue weighted by Gasteiger charge is -2.34. The van der Waals surface area contributed by atoms with E-state index >= 15 is 0 Å². The Hall–Kier alpha value is -0.700. The maximum absolute atomic E-state index is 12.5. The van der Waals surface area contributed by atoms with E-state index in [0.29, 0.717) is 13.1 Å². The van der Waals surface area contributed by atoms with Crippen molar-refractivity contribution < 1.29 is 23.4 Å². The highest BCUT2D eigenvalue weighted by Gasteiger charge is 2.45. The first-order chi connectivity index (χ1) is 8.82. The molecule has 2 heterocycles. The molecule has 2 saturated heterocycles. The number of carboxylic acid groups (broad SMARTS) is 1. The molecule has 19 heavy (non-hydrogen) atoms. The van der Waals surface area contributed by atoms with Crippen molar-refractivity contribution in [1.82, 2.24) is 8.61 Å². The van der Waals surface area contributed by atoms with Gasteiger partial charge >= 0.3 is 5.97 Å². The van der Waals surface area contributed by atoms with Crippen LogP contribution in [-0.4, -0.2) is 65.0 Å². The minimum Gasteiger partial charge on any atom is -0.480 e. The molecule has 0 aromatic heterocycles. The number of aliphatic hydroxyl groups excluding tert-OH is 1. The fourth-order valence-electron chi connectivity index (χ4n) is 2.77. The van der Waals surface area contributed by atoms with Crippen molar-refractivity contribution in [2.45, 2.75) is 38.3 Å². The summed E-state index contributed by atoms with van der Waals surface area (Å²) in [5, 5.41) is 18.6. The molecular weight excluding hydrogens is 272 g/mol. The standard InChI is InChI=1S/C11H20N2O5S/c1-8-3-2-4-12(6-8)19(17,18)13-7-9(14)5-10(13)11(15)16/h8-10,14H,2-7H2,1H3,(H,15,16)/t8?,9?,10-/m0/s1. The molecule has 8 heteroatoms. The largest absolute Gasteiger partial charge is 0.480 e. The van der Waals surface area contributed by atoms with Crippen LogP contribution in [0, 0.1) is 5.92 Å². The Morgan fingerprint density at radius 3 is 2.58 bits per heavy atom. The van der Waals surface area contributed by atoms with E-state index in [-0.39, 0.29) is 18.9 Å². The van der Waals surface area contributed by atoms with Gasteiger partial charge in [-0.05, 0) is 18.8 Å². The molecule has 0 saturated carbocycles. The zero-order valence-corrected chi connectivity index (χ0v) is 11.7. The van der Waals surface area contributed by atoms with Crippen LogP contribution in [0.3, 0.4) is 0 Å². The van der Waals surface area contributed by atoms with Crippen LogP contribution in [0.5, 0.6) is 0 Å². The van der Waals surface area contributed by atoms with Gasteiger partial charge in [-0.25, -0.2) is 0 Å². The fraction of sp³-hybridized carbons (Fsp3) is 0.909. The number of piperidine rings is 1. The molecule has 2 rings (SSSR count). The summed E-state index contributed by atoms with van der Waals surface area (Å²) in [5.41, 5.74) is 0. The zero-order chi connectivity index (χ0) is 14.2. The SMILES string of the molecule is CC1CCCN(S(=O)(=O)N2CC(O)C[C@H]2C(=O)O)C1. The van der Waals surface area contributed by atoms with Crippen molar-refractivity contribution in [3.8, 4) is 0 Å². The minimum atomic E-state index is -3.80. The normalized spacial score (nSPS) is 34.5. The number of hydrogen-bond acceptors (Lipinski definition) is 4. The van der Waals surface area contributed by atoms with Gasteiger partial charge in [-0.15, -0.1) is 0 Å². The number of carboxylic acids is 1. The maximum atomic E-state index is 12.5. The van der Waals surface area contributed by atoms with E-state index < -0.39 is 28.3 Å². The highest BCUT2D eigenvalue weighted by Crippen LogP contribution is 2.27. The number of aliphatic carboxylic acids is 1. The number of carbonyl (C=O) groups is 1. The van der Waals surface area contributed by atoms with E-state index in [2.05, 4.69) is 0 Å². The van der Waals surface area contributed by atoms with Crippen molar-refractivity contribution in [3.05, 3.63) is 0 Å². The van der Waals surface area contributed by atoms with Gasteiger partial charge < -0.3 is 10.2 Å². The van der Waals surface area contributed by atoms with Crippen LogP contribution in [0.2, 0.25) is 0 Å². The number of aliphatic hydroxyl groups is 1. The highest BCUT2D eigenvalue weighted by molar-refractivity contribution is 7.86. The molecule has 0 amide bonds. The van der Waals surface area contributed by atoms with E-state index in [1.165, 1.54) is 4.31 Å². The van der Waals surface area contributed by atoms with Gasteiger partial charge in [0.05, 0.1) is 6.10 Å². The fourth-order valence-corrected chi connectivity index (χ4v) is 4.73. The molecule has 0 aromatic carbocycles. The highest BCUT2D eigenvalue weighted by atomic mass is 32.2. The molecular formula is C11H20N2O5S. The van der Waals surface area contributed by atoms with Gasteiger partial charge in [-0.1, -0.05) is 6.92 Å². The third kappa shape index (κ3) is 2.91. The van der Waals surface area contributed by atoms with E-state index in [4.69, 9.17) is 5.11 Å². The third-order valence-electron chi connectivity index (χ3n) is 3.76. The smallest absolute Gasteiger partial charge is 0.322 e. The molecule has 0 bridgehead atoms. The van der Waals surface area contributed by atoms with Crippen LogP contribution in [0.4, 0.5) is 0 Å². The van der Waals surface area contributed by atoms with Crippen molar-refractivity contribution in [3.63, 3.8) is 0 Å². The van der Waals surface area contributed by atoms with Crippen LogP contribution in [0.1, 0.15) is 26.2 Å². The van der Waals surface area contributed by atoms with Gasteiger partial charge in [0.1, 0.15) is 6.04 Å². The molecule has 2 aliphatic heterocycles. The predicted octanol–water partition coefficient (Wildman–Crippen LogP) is -0.517. The van der Waals surface area contributed by atoms with Gasteiger partial charge in [0.25, 0.3) is 10.2 Å². The Balaban J connectivity index is 2.20. The summed E-state index contributed by atoms with van der Waals surface area (Å²) < 4.78 is 27.2. The molecule has 2 unspecified atom stereocenters. The molecule has 3 atom stereocenters. The quantitative estimate of drug-likeness (QED) is 0.729. The Labute approximate surface area is 113 Å². The second-order valence-electron chi connectivity index (χ2n) is 5.43. The second-order valence-corrected chi connectivity index (χ2v) is 7.31. The summed E-state index contributed by atoms with van der Waals surface area (Å²) in [6.45, 7) is 2.69. The zero-order valence-electron chi connectivity index (χ0n) is 10.9. The average Bonchev–Trinajstić information content (AvgIpc) is 2.72. The molecule has 110 valence electrons. The molecule has 0 spiro atoms. The first-order valence-corrected chi connectivity index (χ1v) is 7.90. The first kappa shape index (κ1) is 14.7. The summed E-state index contributed by atoms with van der Waals surface area (Å²) in [6, 6.07) is -1.16. The molecule has 2 aliphatic rings. The Morgan fingerprint density at radius 1 is 1.32 bits per heavy atom. The predicted molar refractivity (Wildman–Crippen MR) is 67.6 cm³/mol. The Kier molecular flexibility index (Phi) is 4.14. The van der Waals surface area contributed by atoms with Crippen LogP contribution in [0.25, 0.3) is 0 Å². The lowest BCUT2D eigenvalue weighted by atomic mass is 10.0. The van der Waals surface area contributed by atoms with Crippen molar-refractivity contribution in [2.75, 3.05) is 19.6 Å². The van der Waals surface area contributed by atoms with Crippen molar-refractivity contribution in [1.29, 1.82) is 0 Å². The van der Waals surface area contributed by atoms with Crippen LogP contribution in [0.15, 0.2) is 0 Å². The molecule has 0 aromatic rings. The Morgan fingerprint density at radius 2 is 2.00 bits per heavy atom. The van der Waals surface area contributed by atoms with Crippen molar-refractivity contribution >= 4 is 16.2 Å². The molecule has 0 aliphatic carbocycles. The molecule has 2 N–H and O–H groups in total. The number of nitrogens with zero attached hydrogens (tertiary/aromatic N) is 2. The van der Waals surface area contributed by atoms with Crippen LogP contribution in [-0.2, 0) is 15.0 Å². The maximum Gasteiger partial charge on any atom is 0.322 e. The summed E-state index contributed by atoms with van der Waals surface area (Å²) >= 11 is 0. The summed E-state index contributed by atoms with van der Waals surface area (Å²) in [7, 11) is -3.80. The molecule has 2 fully saturated rings. The van der Waals surface area contributed by atoms with Gasteiger partial charge in [0, 0.05) is 26.1 Å².